The Hall–Kier alpha value is -3.88. The molecule has 5 rings (SSSR count). The zero-order valence-electron chi connectivity index (χ0n) is 15.3. The predicted octanol–water partition coefficient (Wildman–Crippen LogP) is 3.07. The Kier molecular flexibility index (Phi) is 3.94. The molecular formula is C20H16FN5O3. The van der Waals surface area contributed by atoms with Gasteiger partial charge in [-0.25, -0.2) is 9.07 Å². The van der Waals surface area contributed by atoms with Crippen LogP contribution in [0.3, 0.4) is 0 Å². The van der Waals surface area contributed by atoms with Crippen LogP contribution in [0.4, 0.5) is 16.0 Å². The first-order valence-electron chi connectivity index (χ1n) is 8.94. The summed E-state index contributed by atoms with van der Waals surface area (Å²) in [6, 6.07) is 10.6. The van der Waals surface area contributed by atoms with Crippen LogP contribution in [0.25, 0.3) is 0 Å². The largest absolute Gasteiger partial charge is 0.454 e. The number of amides is 1. The summed E-state index contributed by atoms with van der Waals surface area (Å²) < 4.78 is 25.7. The fourth-order valence-electron chi connectivity index (χ4n) is 3.51. The van der Waals surface area contributed by atoms with Crippen LogP contribution in [0, 0.1) is 5.82 Å². The first kappa shape index (κ1) is 17.2. The zero-order chi connectivity index (χ0) is 20.0. The maximum Gasteiger partial charge on any atom is 0.255 e. The van der Waals surface area contributed by atoms with Gasteiger partial charge in [0.2, 0.25) is 12.7 Å². The quantitative estimate of drug-likeness (QED) is 0.711. The minimum absolute atomic E-state index is 0.159. The standard InChI is InChI=1S/C20H16FN5O3/c1-11-17(19(27)25-14-5-3-13(21)4-6-14)18(26-20(24-11)22-9-23-26)12-2-7-15-16(8-12)29-10-28-15/h2-9,18H,10H2,1H3,(H,25,27)(H,22,23,24)/t18-/m0/s1. The van der Waals surface area contributed by atoms with E-state index in [0.29, 0.717) is 34.4 Å². The second kappa shape index (κ2) is 6.62. The van der Waals surface area contributed by atoms with Crippen molar-refractivity contribution in [3.8, 4) is 11.5 Å². The smallest absolute Gasteiger partial charge is 0.255 e. The molecule has 0 saturated carbocycles. The van der Waals surface area contributed by atoms with Gasteiger partial charge < -0.3 is 20.1 Å². The van der Waals surface area contributed by atoms with Crippen molar-refractivity contribution < 1.29 is 18.7 Å². The van der Waals surface area contributed by atoms with Crippen LogP contribution in [0.5, 0.6) is 11.5 Å². The fraction of sp³-hybridized carbons (Fsp3) is 0.150. The van der Waals surface area contributed by atoms with Crippen LogP contribution < -0.4 is 20.1 Å². The molecule has 0 aliphatic carbocycles. The molecule has 0 saturated heterocycles. The van der Waals surface area contributed by atoms with Gasteiger partial charge in [0.05, 0.1) is 5.57 Å². The van der Waals surface area contributed by atoms with E-state index in [1.807, 2.05) is 12.1 Å². The van der Waals surface area contributed by atoms with Crippen molar-refractivity contribution >= 4 is 17.5 Å². The van der Waals surface area contributed by atoms with Gasteiger partial charge in [0.1, 0.15) is 18.2 Å². The third-order valence-electron chi connectivity index (χ3n) is 4.85. The average molecular weight is 393 g/mol. The Morgan fingerprint density at radius 2 is 2.00 bits per heavy atom. The van der Waals surface area contributed by atoms with Gasteiger partial charge in [0.15, 0.2) is 11.5 Å². The molecule has 29 heavy (non-hydrogen) atoms. The zero-order valence-corrected chi connectivity index (χ0v) is 15.3. The summed E-state index contributed by atoms with van der Waals surface area (Å²) in [7, 11) is 0. The highest BCUT2D eigenvalue weighted by atomic mass is 19.1. The van der Waals surface area contributed by atoms with Crippen molar-refractivity contribution in [1.82, 2.24) is 14.8 Å². The van der Waals surface area contributed by atoms with Crippen molar-refractivity contribution in [2.75, 3.05) is 17.4 Å². The molecule has 2 aliphatic heterocycles. The summed E-state index contributed by atoms with van der Waals surface area (Å²) >= 11 is 0. The third-order valence-corrected chi connectivity index (χ3v) is 4.85. The lowest BCUT2D eigenvalue weighted by Gasteiger charge is -2.28. The number of allylic oxidation sites excluding steroid dienone is 1. The first-order chi connectivity index (χ1) is 14.1. The van der Waals surface area contributed by atoms with Gasteiger partial charge in [-0.3, -0.25) is 4.79 Å². The maximum absolute atomic E-state index is 13.2. The number of ether oxygens (including phenoxy) is 2. The van der Waals surface area contributed by atoms with Crippen LogP contribution >= 0.6 is 0 Å². The molecule has 1 aromatic heterocycles. The number of nitrogens with zero attached hydrogens (tertiary/aromatic N) is 3. The lowest BCUT2D eigenvalue weighted by Crippen LogP contribution is -2.31. The lowest BCUT2D eigenvalue weighted by molar-refractivity contribution is -0.113. The molecule has 2 aromatic carbocycles. The number of rotatable bonds is 3. The second-order valence-corrected chi connectivity index (χ2v) is 6.67. The van der Waals surface area contributed by atoms with E-state index >= 15 is 0 Å². The summed E-state index contributed by atoms with van der Waals surface area (Å²) in [6.45, 7) is 1.96. The molecule has 1 atom stereocenters. The molecule has 1 amide bonds. The van der Waals surface area contributed by atoms with E-state index in [0.717, 1.165) is 5.56 Å². The SMILES string of the molecule is CC1=C(C(=O)Nc2ccc(F)cc2)[C@H](c2ccc3c(c2)OCO3)n2ncnc2N1. The van der Waals surface area contributed by atoms with Crippen LogP contribution in [0.15, 0.2) is 60.1 Å². The monoisotopic (exact) mass is 393 g/mol. The Morgan fingerprint density at radius 3 is 2.83 bits per heavy atom. The number of aromatic nitrogens is 3. The van der Waals surface area contributed by atoms with Gasteiger partial charge in [-0.1, -0.05) is 6.07 Å². The molecular weight excluding hydrogens is 377 g/mol. The second-order valence-electron chi connectivity index (χ2n) is 6.67. The van der Waals surface area contributed by atoms with Crippen LogP contribution in [0.1, 0.15) is 18.5 Å². The van der Waals surface area contributed by atoms with Crippen LogP contribution in [-0.2, 0) is 4.79 Å². The predicted molar refractivity (Wildman–Crippen MR) is 102 cm³/mol. The molecule has 0 unspecified atom stereocenters. The summed E-state index contributed by atoms with van der Waals surface area (Å²) in [4.78, 5) is 17.4. The van der Waals surface area contributed by atoms with E-state index in [-0.39, 0.29) is 18.5 Å². The van der Waals surface area contributed by atoms with E-state index < -0.39 is 6.04 Å². The van der Waals surface area contributed by atoms with E-state index in [1.54, 1.807) is 17.7 Å². The normalized spacial score (nSPS) is 17.0. The number of hydrogen-bond acceptors (Lipinski definition) is 6. The number of fused-ring (bicyclic) bond motifs is 2. The Balaban J connectivity index is 1.56. The maximum atomic E-state index is 13.2. The number of nitrogens with one attached hydrogen (secondary N) is 2. The van der Waals surface area contributed by atoms with Crippen molar-refractivity contribution in [2.24, 2.45) is 0 Å². The molecule has 0 spiro atoms. The minimum Gasteiger partial charge on any atom is -0.454 e. The van der Waals surface area contributed by atoms with Gasteiger partial charge >= 0.3 is 0 Å². The molecule has 146 valence electrons. The molecule has 0 radical (unpaired) electrons. The van der Waals surface area contributed by atoms with Gasteiger partial charge in [-0.15, -0.1) is 0 Å². The molecule has 0 fully saturated rings. The molecule has 2 aliphatic rings. The van der Waals surface area contributed by atoms with E-state index in [2.05, 4.69) is 20.7 Å². The molecule has 3 aromatic rings. The number of carbonyl (C=O) groups is 1. The Bertz CT molecular complexity index is 1140. The Labute approximate surface area is 165 Å². The number of carbonyl (C=O) groups excluding carboxylic acids is 1. The molecule has 2 N–H and O–H groups in total. The molecule has 0 bridgehead atoms. The summed E-state index contributed by atoms with van der Waals surface area (Å²) in [6.07, 6.45) is 1.43. The van der Waals surface area contributed by atoms with Crippen molar-refractivity contribution in [3.63, 3.8) is 0 Å². The minimum atomic E-state index is -0.524. The number of hydrogen-bond donors (Lipinski definition) is 2. The van der Waals surface area contributed by atoms with Crippen LogP contribution in [0.2, 0.25) is 0 Å². The number of benzene rings is 2. The third kappa shape index (κ3) is 2.96. The molecule has 3 heterocycles. The summed E-state index contributed by atoms with van der Waals surface area (Å²) in [5, 5.41) is 10.2. The van der Waals surface area contributed by atoms with Gasteiger partial charge in [0, 0.05) is 11.4 Å². The van der Waals surface area contributed by atoms with Gasteiger partial charge in [0.25, 0.3) is 5.91 Å². The molecule has 9 heteroatoms. The van der Waals surface area contributed by atoms with E-state index in [1.165, 1.54) is 30.6 Å². The van der Waals surface area contributed by atoms with Crippen molar-refractivity contribution in [3.05, 3.63) is 71.4 Å². The number of anilines is 2. The van der Waals surface area contributed by atoms with Crippen molar-refractivity contribution in [2.45, 2.75) is 13.0 Å². The van der Waals surface area contributed by atoms with Crippen molar-refractivity contribution in [1.29, 1.82) is 0 Å². The fourth-order valence-corrected chi connectivity index (χ4v) is 3.51. The highest BCUT2D eigenvalue weighted by Gasteiger charge is 2.34. The average Bonchev–Trinajstić information content (AvgIpc) is 3.36. The van der Waals surface area contributed by atoms with Gasteiger partial charge in [-0.2, -0.15) is 10.1 Å². The summed E-state index contributed by atoms with van der Waals surface area (Å²) in [5.74, 6) is 1.09. The summed E-state index contributed by atoms with van der Waals surface area (Å²) in [5.41, 5.74) is 2.40. The van der Waals surface area contributed by atoms with Gasteiger partial charge in [-0.05, 0) is 48.9 Å². The first-order valence-corrected chi connectivity index (χ1v) is 8.94. The van der Waals surface area contributed by atoms with E-state index in [4.69, 9.17) is 9.47 Å². The number of halogens is 1. The highest BCUT2D eigenvalue weighted by molar-refractivity contribution is 6.06. The van der Waals surface area contributed by atoms with Crippen LogP contribution in [-0.4, -0.2) is 27.5 Å². The Morgan fingerprint density at radius 1 is 1.21 bits per heavy atom. The highest BCUT2D eigenvalue weighted by Crippen LogP contribution is 2.40. The molecule has 8 nitrogen and oxygen atoms in total. The topological polar surface area (TPSA) is 90.3 Å². The van der Waals surface area contributed by atoms with E-state index in [9.17, 15) is 9.18 Å². The lowest BCUT2D eigenvalue weighted by atomic mass is 9.94.